The largest absolute Gasteiger partial charge is 0.373 e. The van der Waals surface area contributed by atoms with Crippen LogP contribution in [-0.2, 0) is 21.3 Å². The Balaban J connectivity index is 1.81. The standard InChI is InChI=1S/C19H22ClN3O4S/c1-13-11-23(12-14(2)27-13)28(25,26)18-9-15(6-7-17(18)20)19(24)22-10-16-5-3-4-8-21-16/h3-9,13-14H,10-12H2,1-2H3,(H,22,24)/t13-,14-/m1/s1. The number of benzene rings is 1. The van der Waals surface area contributed by atoms with Gasteiger partial charge in [-0.2, -0.15) is 4.31 Å². The first-order valence-electron chi connectivity index (χ1n) is 8.90. The quantitative estimate of drug-likeness (QED) is 0.798. The highest BCUT2D eigenvalue weighted by Gasteiger charge is 2.33. The fraction of sp³-hybridized carbons (Fsp3) is 0.368. The average molecular weight is 424 g/mol. The molecule has 9 heteroatoms. The zero-order valence-corrected chi connectivity index (χ0v) is 17.2. The summed E-state index contributed by atoms with van der Waals surface area (Å²) in [7, 11) is -3.85. The van der Waals surface area contributed by atoms with E-state index in [0.717, 1.165) is 0 Å². The van der Waals surface area contributed by atoms with Crippen LogP contribution in [0.2, 0.25) is 5.02 Å². The fourth-order valence-electron chi connectivity index (χ4n) is 3.08. The van der Waals surface area contributed by atoms with Gasteiger partial charge in [-0.05, 0) is 44.2 Å². The molecule has 0 radical (unpaired) electrons. The van der Waals surface area contributed by atoms with Crippen LogP contribution in [0, 0.1) is 0 Å². The maximum absolute atomic E-state index is 13.1. The molecule has 1 aromatic heterocycles. The topological polar surface area (TPSA) is 88.6 Å². The predicted octanol–water partition coefficient (Wildman–Crippen LogP) is 2.46. The number of hydrogen-bond donors (Lipinski definition) is 1. The van der Waals surface area contributed by atoms with E-state index in [9.17, 15) is 13.2 Å². The predicted molar refractivity (Wildman–Crippen MR) is 106 cm³/mol. The second kappa shape index (κ2) is 8.57. The summed E-state index contributed by atoms with van der Waals surface area (Å²) in [6.45, 7) is 4.35. The van der Waals surface area contributed by atoms with E-state index in [0.29, 0.717) is 5.69 Å². The van der Waals surface area contributed by atoms with Crippen LogP contribution in [0.15, 0.2) is 47.5 Å². The molecular formula is C19H22ClN3O4S. The van der Waals surface area contributed by atoms with Crippen LogP contribution >= 0.6 is 11.6 Å². The van der Waals surface area contributed by atoms with Gasteiger partial charge in [0.1, 0.15) is 4.90 Å². The first-order valence-corrected chi connectivity index (χ1v) is 10.7. The number of ether oxygens (including phenoxy) is 1. The van der Waals surface area contributed by atoms with Crippen LogP contribution in [0.4, 0.5) is 0 Å². The molecule has 28 heavy (non-hydrogen) atoms. The lowest BCUT2D eigenvalue weighted by atomic mass is 10.2. The Bertz CT molecular complexity index is 943. The lowest BCUT2D eigenvalue weighted by Gasteiger charge is -2.34. The van der Waals surface area contributed by atoms with Crippen molar-refractivity contribution in [2.24, 2.45) is 0 Å². The number of hydrogen-bond acceptors (Lipinski definition) is 5. The van der Waals surface area contributed by atoms with Crippen LogP contribution in [0.3, 0.4) is 0 Å². The van der Waals surface area contributed by atoms with Crippen molar-refractivity contribution in [1.29, 1.82) is 0 Å². The molecular weight excluding hydrogens is 402 g/mol. The van der Waals surface area contributed by atoms with Gasteiger partial charge in [0.15, 0.2) is 0 Å². The molecule has 1 amide bonds. The van der Waals surface area contributed by atoms with Crippen molar-refractivity contribution in [2.45, 2.75) is 37.5 Å². The van der Waals surface area contributed by atoms with Gasteiger partial charge in [0.05, 0.1) is 29.5 Å². The monoisotopic (exact) mass is 423 g/mol. The second-order valence-electron chi connectivity index (χ2n) is 6.73. The third kappa shape index (κ3) is 4.70. The van der Waals surface area contributed by atoms with E-state index in [1.807, 2.05) is 19.9 Å². The van der Waals surface area contributed by atoms with Crippen molar-refractivity contribution in [1.82, 2.24) is 14.6 Å². The molecule has 1 saturated heterocycles. The van der Waals surface area contributed by atoms with Crippen molar-refractivity contribution in [3.8, 4) is 0 Å². The van der Waals surface area contributed by atoms with Crippen molar-refractivity contribution in [3.63, 3.8) is 0 Å². The summed E-state index contributed by atoms with van der Waals surface area (Å²) in [5.74, 6) is -0.400. The van der Waals surface area contributed by atoms with E-state index < -0.39 is 15.9 Å². The minimum atomic E-state index is -3.85. The summed E-state index contributed by atoms with van der Waals surface area (Å²) in [5, 5.41) is 2.81. The van der Waals surface area contributed by atoms with E-state index in [1.165, 1.54) is 22.5 Å². The summed E-state index contributed by atoms with van der Waals surface area (Å²) in [6.07, 6.45) is 1.20. The van der Waals surface area contributed by atoms with Gasteiger partial charge in [-0.25, -0.2) is 8.42 Å². The SMILES string of the molecule is C[C@@H]1CN(S(=O)(=O)c2cc(C(=O)NCc3ccccn3)ccc2Cl)C[C@@H](C)O1. The van der Waals surface area contributed by atoms with Gasteiger partial charge in [-0.15, -0.1) is 0 Å². The molecule has 2 atom stereocenters. The number of rotatable bonds is 5. The van der Waals surface area contributed by atoms with Gasteiger partial charge < -0.3 is 10.1 Å². The lowest BCUT2D eigenvalue weighted by Crippen LogP contribution is -2.48. The number of carbonyl (C=O) groups excluding carboxylic acids is 1. The summed E-state index contributed by atoms with van der Waals surface area (Å²) in [5.41, 5.74) is 0.919. The minimum Gasteiger partial charge on any atom is -0.373 e. The van der Waals surface area contributed by atoms with Crippen molar-refractivity contribution >= 4 is 27.5 Å². The summed E-state index contributed by atoms with van der Waals surface area (Å²) in [6, 6.07) is 9.65. The number of amides is 1. The molecule has 0 saturated carbocycles. The first-order chi connectivity index (χ1) is 13.3. The molecule has 2 aromatic rings. The Labute approximate surface area is 169 Å². The third-order valence-electron chi connectivity index (χ3n) is 4.35. The number of morpholine rings is 1. The maximum atomic E-state index is 13.1. The van der Waals surface area contributed by atoms with Crippen LogP contribution in [0.25, 0.3) is 0 Å². The van der Waals surface area contributed by atoms with Gasteiger partial charge in [0.2, 0.25) is 10.0 Å². The Morgan fingerprint density at radius 2 is 1.96 bits per heavy atom. The molecule has 1 aliphatic heterocycles. The molecule has 1 fully saturated rings. The summed E-state index contributed by atoms with van der Waals surface area (Å²) < 4.78 is 33.1. The number of halogens is 1. The van der Waals surface area contributed by atoms with E-state index in [1.54, 1.807) is 18.3 Å². The average Bonchev–Trinajstić information content (AvgIpc) is 2.66. The first kappa shape index (κ1) is 20.7. The van der Waals surface area contributed by atoms with Gasteiger partial charge in [0.25, 0.3) is 5.91 Å². The van der Waals surface area contributed by atoms with Crippen molar-refractivity contribution in [3.05, 3.63) is 58.9 Å². The molecule has 1 N–H and O–H groups in total. The van der Waals surface area contributed by atoms with E-state index in [-0.39, 0.29) is 47.3 Å². The Morgan fingerprint density at radius 1 is 1.25 bits per heavy atom. The van der Waals surface area contributed by atoms with Gasteiger partial charge >= 0.3 is 0 Å². The Kier molecular flexibility index (Phi) is 6.34. The van der Waals surface area contributed by atoms with Crippen LogP contribution in [-0.4, -0.2) is 48.9 Å². The van der Waals surface area contributed by atoms with E-state index in [4.69, 9.17) is 16.3 Å². The van der Waals surface area contributed by atoms with Gasteiger partial charge in [0, 0.05) is 24.8 Å². The normalized spacial score (nSPS) is 20.7. The molecule has 3 rings (SSSR count). The highest BCUT2D eigenvalue weighted by atomic mass is 35.5. The Hall–Kier alpha value is -2.00. The number of aromatic nitrogens is 1. The van der Waals surface area contributed by atoms with Crippen LogP contribution in [0.5, 0.6) is 0 Å². The zero-order chi connectivity index (χ0) is 20.3. The maximum Gasteiger partial charge on any atom is 0.251 e. The van der Waals surface area contributed by atoms with Crippen molar-refractivity contribution in [2.75, 3.05) is 13.1 Å². The minimum absolute atomic E-state index is 0.0769. The highest BCUT2D eigenvalue weighted by molar-refractivity contribution is 7.89. The molecule has 150 valence electrons. The number of nitrogens with one attached hydrogen (secondary N) is 1. The molecule has 2 heterocycles. The smallest absolute Gasteiger partial charge is 0.251 e. The highest BCUT2D eigenvalue weighted by Crippen LogP contribution is 2.28. The number of sulfonamides is 1. The third-order valence-corrected chi connectivity index (χ3v) is 6.67. The molecule has 7 nitrogen and oxygen atoms in total. The van der Waals surface area contributed by atoms with Gasteiger partial charge in [-0.1, -0.05) is 17.7 Å². The molecule has 0 aliphatic carbocycles. The molecule has 0 spiro atoms. The number of carbonyl (C=O) groups is 1. The number of pyridine rings is 1. The zero-order valence-electron chi connectivity index (χ0n) is 15.6. The summed E-state index contributed by atoms with van der Waals surface area (Å²) in [4.78, 5) is 16.5. The van der Waals surface area contributed by atoms with Crippen LogP contribution in [0.1, 0.15) is 29.9 Å². The van der Waals surface area contributed by atoms with Crippen LogP contribution < -0.4 is 5.32 Å². The molecule has 1 aromatic carbocycles. The molecule has 0 unspecified atom stereocenters. The fourth-order valence-corrected chi connectivity index (χ4v) is 5.17. The summed E-state index contributed by atoms with van der Waals surface area (Å²) >= 11 is 6.17. The molecule has 0 bridgehead atoms. The second-order valence-corrected chi connectivity index (χ2v) is 9.04. The van der Waals surface area contributed by atoms with E-state index in [2.05, 4.69) is 10.3 Å². The number of nitrogens with zero attached hydrogens (tertiary/aromatic N) is 2. The molecule has 1 aliphatic rings. The Morgan fingerprint density at radius 3 is 2.61 bits per heavy atom. The lowest BCUT2D eigenvalue weighted by molar-refractivity contribution is -0.0440. The van der Waals surface area contributed by atoms with E-state index >= 15 is 0 Å². The van der Waals surface area contributed by atoms with Crippen molar-refractivity contribution < 1.29 is 17.9 Å². The van der Waals surface area contributed by atoms with Gasteiger partial charge in [-0.3, -0.25) is 9.78 Å².